The summed E-state index contributed by atoms with van der Waals surface area (Å²) in [5, 5.41) is 5.25. The summed E-state index contributed by atoms with van der Waals surface area (Å²) in [4.78, 5) is 29.1. The van der Waals surface area contributed by atoms with Gasteiger partial charge < -0.3 is 10.6 Å². The van der Waals surface area contributed by atoms with E-state index < -0.39 is 23.4 Å². The first-order chi connectivity index (χ1) is 13.7. The Morgan fingerprint density at radius 3 is 1.97 bits per heavy atom. The van der Waals surface area contributed by atoms with Crippen LogP contribution in [0.4, 0.5) is 20.2 Å². The zero-order valence-corrected chi connectivity index (χ0v) is 16.1. The van der Waals surface area contributed by atoms with Crippen LogP contribution in [-0.4, -0.2) is 16.8 Å². The molecule has 3 aromatic rings. The number of anilines is 2. The first-order valence-electron chi connectivity index (χ1n) is 8.87. The van der Waals surface area contributed by atoms with Gasteiger partial charge in [-0.3, -0.25) is 9.59 Å². The van der Waals surface area contributed by atoms with Gasteiger partial charge in [0.1, 0.15) is 11.4 Å². The molecular weight excluding hydrogens is 376 g/mol. The van der Waals surface area contributed by atoms with E-state index in [2.05, 4.69) is 15.6 Å². The smallest absolute Gasteiger partial charge is 0.274 e. The minimum atomic E-state index is -1.08. The molecule has 29 heavy (non-hydrogen) atoms. The molecule has 0 fully saturated rings. The fourth-order valence-electron chi connectivity index (χ4n) is 3.01. The number of hydrogen-bond donors (Lipinski definition) is 2. The lowest BCUT2D eigenvalue weighted by atomic mass is 10.0. The van der Waals surface area contributed by atoms with Crippen LogP contribution in [0, 0.1) is 32.4 Å². The van der Waals surface area contributed by atoms with Crippen LogP contribution < -0.4 is 10.6 Å². The van der Waals surface area contributed by atoms with Crippen molar-refractivity contribution in [3.8, 4) is 0 Å². The normalized spacial score (nSPS) is 10.5. The fraction of sp³-hybridized carbons (Fsp3) is 0.136. The average molecular weight is 395 g/mol. The van der Waals surface area contributed by atoms with E-state index in [0.29, 0.717) is 5.69 Å². The van der Waals surface area contributed by atoms with Crippen molar-refractivity contribution in [2.24, 2.45) is 0 Å². The summed E-state index contributed by atoms with van der Waals surface area (Å²) >= 11 is 0. The third-order valence-electron chi connectivity index (χ3n) is 4.31. The maximum absolute atomic E-state index is 13.3. The van der Waals surface area contributed by atoms with Crippen LogP contribution in [0.2, 0.25) is 0 Å². The van der Waals surface area contributed by atoms with Gasteiger partial charge in [0.05, 0.1) is 0 Å². The molecule has 2 aromatic carbocycles. The second-order valence-corrected chi connectivity index (χ2v) is 6.72. The van der Waals surface area contributed by atoms with Gasteiger partial charge in [0.2, 0.25) is 0 Å². The van der Waals surface area contributed by atoms with Crippen LogP contribution in [0.3, 0.4) is 0 Å². The van der Waals surface area contributed by atoms with Crippen molar-refractivity contribution in [2.45, 2.75) is 20.8 Å². The molecule has 1 heterocycles. The summed E-state index contributed by atoms with van der Waals surface area (Å²) in [6.45, 7) is 5.77. The molecule has 2 N–H and O–H groups in total. The Labute approximate surface area is 166 Å². The highest BCUT2D eigenvalue weighted by atomic mass is 19.2. The fourth-order valence-corrected chi connectivity index (χ4v) is 3.01. The molecule has 3 rings (SSSR count). The second-order valence-electron chi connectivity index (χ2n) is 6.72. The SMILES string of the molecule is Cc1cc(C)c(NC(=O)c2cccc(C(=O)Nc3ccc(F)c(F)c3)n2)c(C)c1. The molecular formula is C22H19F2N3O2. The van der Waals surface area contributed by atoms with Crippen molar-refractivity contribution in [2.75, 3.05) is 10.6 Å². The van der Waals surface area contributed by atoms with Gasteiger partial charge in [-0.15, -0.1) is 0 Å². The van der Waals surface area contributed by atoms with Crippen molar-refractivity contribution < 1.29 is 18.4 Å². The molecule has 0 aliphatic heterocycles. The third-order valence-corrected chi connectivity index (χ3v) is 4.31. The predicted octanol–water partition coefficient (Wildman–Crippen LogP) is 4.79. The molecule has 0 radical (unpaired) electrons. The molecule has 0 unspecified atom stereocenters. The summed E-state index contributed by atoms with van der Waals surface area (Å²) in [5.41, 5.74) is 3.73. The highest BCUT2D eigenvalue weighted by molar-refractivity contribution is 6.06. The predicted molar refractivity (Wildman–Crippen MR) is 107 cm³/mol. The standard InChI is InChI=1S/C22H19F2N3O2/c1-12-9-13(2)20(14(3)10-12)27-22(29)19-6-4-5-18(26-19)21(28)25-15-7-8-16(23)17(24)11-15/h4-11H,1-3H3,(H,25,28)(H,27,29). The van der Waals surface area contributed by atoms with Crippen LogP contribution in [0.15, 0.2) is 48.5 Å². The number of benzene rings is 2. The van der Waals surface area contributed by atoms with E-state index >= 15 is 0 Å². The average Bonchev–Trinajstić information content (AvgIpc) is 2.67. The van der Waals surface area contributed by atoms with E-state index in [-0.39, 0.29) is 17.1 Å². The highest BCUT2D eigenvalue weighted by Crippen LogP contribution is 2.22. The molecule has 0 spiro atoms. The van der Waals surface area contributed by atoms with Gasteiger partial charge in [-0.1, -0.05) is 23.8 Å². The molecule has 1 aromatic heterocycles. The Hall–Kier alpha value is -3.61. The summed E-state index contributed by atoms with van der Waals surface area (Å²) in [6, 6.07) is 11.4. The van der Waals surface area contributed by atoms with Gasteiger partial charge in [0.15, 0.2) is 11.6 Å². The van der Waals surface area contributed by atoms with Gasteiger partial charge in [0, 0.05) is 17.4 Å². The monoisotopic (exact) mass is 395 g/mol. The Morgan fingerprint density at radius 1 is 0.793 bits per heavy atom. The Bertz CT molecular complexity index is 1090. The molecule has 0 atom stereocenters. The Morgan fingerprint density at radius 2 is 1.38 bits per heavy atom. The first kappa shape index (κ1) is 20.1. The second kappa shape index (κ2) is 8.18. The first-order valence-corrected chi connectivity index (χ1v) is 8.87. The molecule has 2 amide bonds. The van der Waals surface area contributed by atoms with Crippen LogP contribution in [0.1, 0.15) is 37.7 Å². The van der Waals surface area contributed by atoms with Crippen LogP contribution in [-0.2, 0) is 0 Å². The van der Waals surface area contributed by atoms with Crippen LogP contribution >= 0.6 is 0 Å². The van der Waals surface area contributed by atoms with Gasteiger partial charge in [-0.2, -0.15) is 0 Å². The van der Waals surface area contributed by atoms with E-state index in [1.165, 1.54) is 24.3 Å². The summed E-state index contributed by atoms with van der Waals surface area (Å²) in [6.07, 6.45) is 0. The number of aromatic nitrogens is 1. The summed E-state index contributed by atoms with van der Waals surface area (Å²) in [5.74, 6) is -3.19. The van der Waals surface area contributed by atoms with Crippen molar-refractivity contribution >= 4 is 23.2 Å². The number of carbonyl (C=O) groups excluding carboxylic acids is 2. The van der Waals surface area contributed by atoms with Crippen molar-refractivity contribution in [1.82, 2.24) is 4.98 Å². The number of amides is 2. The number of rotatable bonds is 4. The molecule has 0 aliphatic rings. The van der Waals surface area contributed by atoms with Crippen LogP contribution in [0.25, 0.3) is 0 Å². The Kier molecular flexibility index (Phi) is 5.68. The van der Waals surface area contributed by atoms with E-state index in [4.69, 9.17) is 0 Å². The number of nitrogens with one attached hydrogen (secondary N) is 2. The highest BCUT2D eigenvalue weighted by Gasteiger charge is 2.15. The molecule has 0 bridgehead atoms. The molecule has 0 aliphatic carbocycles. The van der Waals surface area contributed by atoms with E-state index in [1.807, 2.05) is 32.9 Å². The summed E-state index contributed by atoms with van der Waals surface area (Å²) in [7, 11) is 0. The number of carbonyl (C=O) groups is 2. The zero-order chi connectivity index (χ0) is 21.1. The minimum absolute atomic E-state index is 0.0280. The van der Waals surface area contributed by atoms with Gasteiger partial charge in [0.25, 0.3) is 11.8 Å². The van der Waals surface area contributed by atoms with Crippen molar-refractivity contribution in [1.29, 1.82) is 0 Å². The molecule has 5 nitrogen and oxygen atoms in total. The van der Waals surface area contributed by atoms with Crippen molar-refractivity contribution in [3.05, 3.63) is 88.2 Å². The topological polar surface area (TPSA) is 71.1 Å². The number of hydrogen-bond acceptors (Lipinski definition) is 3. The van der Waals surface area contributed by atoms with Crippen LogP contribution in [0.5, 0.6) is 0 Å². The van der Waals surface area contributed by atoms with Gasteiger partial charge in [-0.05, 0) is 56.2 Å². The van der Waals surface area contributed by atoms with Gasteiger partial charge in [-0.25, -0.2) is 13.8 Å². The summed E-state index contributed by atoms with van der Waals surface area (Å²) < 4.78 is 26.3. The number of aryl methyl sites for hydroxylation is 3. The van der Waals surface area contributed by atoms with E-state index in [9.17, 15) is 18.4 Å². The Balaban J connectivity index is 1.79. The number of halogens is 2. The zero-order valence-electron chi connectivity index (χ0n) is 16.1. The number of pyridine rings is 1. The lowest BCUT2D eigenvalue weighted by molar-refractivity contribution is 0.101. The lowest BCUT2D eigenvalue weighted by Crippen LogP contribution is -2.19. The van der Waals surface area contributed by atoms with E-state index in [0.717, 1.165) is 28.8 Å². The molecule has 0 saturated carbocycles. The minimum Gasteiger partial charge on any atom is -0.321 e. The maximum atomic E-state index is 13.3. The lowest BCUT2D eigenvalue weighted by Gasteiger charge is -2.13. The quantitative estimate of drug-likeness (QED) is 0.667. The molecule has 148 valence electrons. The third kappa shape index (κ3) is 4.63. The van der Waals surface area contributed by atoms with Crippen molar-refractivity contribution in [3.63, 3.8) is 0 Å². The number of nitrogens with zero attached hydrogens (tertiary/aromatic N) is 1. The molecule has 0 saturated heterocycles. The van der Waals surface area contributed by atoms with E-state index in [1.54, 1.807) is 0 Å². The van der Waals surface area contributed by atoms with Gasteiger partial charge >= 0.3 is 0 Å². The largest absolute Gasteiger partial charge is 0.321 e. The maximum Gasteiger partial charge on any atom is 0.274 e. The molecule has 7 heteroatoms.